The molecule has 1 amide bonds. The molecule has 2 N–H and O–H groups in total. The number of carbonyl (C=O) groups excluding carboxylic acids is 1. The van der Waals surface area contributed by atoms with Gasteiger partial charge in [-0.3, -0.25) is 4.79 Å². The number of carbonyl (C=O) groups is 2. The van der Waals surface area contributed by atoms with Crippen molar-refractivity contribution in [1.82, 2.24) is 5.32 Å². The van der Waals surface area contributed by atoms with E-state index in [-0.39, 0.29) is 5.70 Å². The number of benzene rings is 3. The second-order valence-electron chi connectivity index (χ2n) is 6.17. The number of nitrogens with one attached hydrogen (secondary N) is 1. The van der Waals surface area contributed by atoms with E-state index in [0.29, 0.717) is 23.5 Å². The van der Waals surface area contributed by atoms with Gasteiger partial charge < -0.3 is 15.2 Å². The lowest BCUT2D eigenvalue weighted by Gasteiger charge is -2.08. The van der Waals surface area contributed by atoms with Gasteiger partial charge in [0.2, 0.25) is 0 Å². The Hall–Kier alpha value is -3.13. The van der Waals surface area contributed by atoms with E-state index in [1.54, 1.807) is 54.6 Å². The number of carboxylic acid groups (broad SMARTS) is 1. The monoisotopic (exact) mass is 499 g/mol. The summed E-state index contributed by atoms with van der Waals surface area (Å²) in [6.07, 6.45) is 1.41. The van der Waals surface area contributed by atoms with Crippen LogP contribution in [0.2, 0.25) is 0 Å². The molecule has 0 aromatic heterocycles. The van der Waals surface area contributed by atoms with Gasteiger partial charge in [0, 0.05) is 9.13 Å². The van der Waals surface area contributed by atoms with Crippen molar-refractivity contribution in [2.75, 3.05) is 0 Å². The lowest BCUT2D eigenvalue weighted by atomic mass is 10.1. The maximum Gasteiger partial charge on any atom is 0.352 e. The van der Waals surface area contributed by atoms with Crippen molar-refractivity contribution in [2.45, 2.75) is 6.61 Å². The summed E-state index contributed by atoms with van der Waals surface area (Å²) >= 11 is 2.25. The van der Waals surface area contributed by atoms with E-state index in [1.165, 1.54) is 6.08 Å². The van der Waals surface area contributed by atoms with Crippen LogP contribution in [0.1, 0.15) is 21.5 Å². The highest BCUT2D eigenvalue weighted by molar-refractivity contribution is 14.1. The zero-order valence-corrected chi connectivity index (χ0v) is 17.5. The number of aliphatic carboxylic acids is 1. The third-order valence-electron chi connectivity index (χ3n) is 4.02. The van der Waals surface area contributed by atoms with Crippen LogP contribution in [-0.2, 0) is 11.4 Å². The molecule has 3 aromatic carbocycles. The first-order valence-electron chi connectivity index (χ1n) is 8.80. The van der Waals surface area contributed by atoms with E-state index < -0.39 is 11.9 Å². The normalized spacial score (nSPS) is 11.0. The van der Waals surface area contributed by atoms with Gasteiger partial charge in [0.25, 0.3) is 5.91 Å². The molecule has 0 saturated heterocycles. The fourth-order valence-electron chi connectivity index (χ4n) is 2.51. The Morgan fingerprint density at radius 3 is 2.21 bits per heavy atom. The molecule has 0 unspecified atom stereocenters. The van der Waals surface area contributed by atoms with E-state index in [0.717, 1.165) is 9.13 Å². The summed E-state index contributed by atoms with van der Waals surface area (Å²) in [6, 6.07) is 23.5. The standard InChI is InChI=1S/C23H18INO4/c24-19-10-6-17(7-11-19)15-29-20-12-8-16(9-13-20)14-21(23(27)28)25-22(26)18-4-2-1-3-5-18/h1-14H,15H2,(H,25,26)(H,27,28)/b21-14+. The first-order valence-corrected chi connectivity index (χ1v) is 9.88. The molecule has 6 heteroatoms. The highest BCUT2D eigenvalue weighted by atomic mass is 127. The van der Waals surface area contributed by atoms with Crippen LogP contribution in [0.25, 0.3) is 6.08 Å². The van der Waals surface area contributed by atoms with Gasteiger partial charge in [-0.15, -0.1) is 0 Å². The minimum Gasteiger partial charge on any atom is -0.489 e. The highest BCUT2D eigenvalue weighted by Crippen LogP contribution is 2.17. The Balaban J connectivity index is 1.66. The number of rotatable bonds is 7. The van der Waals surface area contributed by atoms with Crippen molar-refractivity contribution >= 4 is 40.5 Å². The predicted octanol–water partition coefficient (Wildman–Crippen LogP) is 4.73. The maximum absolute atomic E-state index is 12.2. The van der Waals surface area contributed by atoms with Crippen molar-refractivity contribution in [1.29, 1.82) is 0 Å². The molecule has 146 valence electrons. The van der Waals surface area contributed by atoms with Gasteiger partial charge in [-0.25, -0.2) is 4.79 Å². The van der Waals surface area contributed by atoms with Crippen LogP contribution in [0.3, 0.4) is 0 Å². The zero-order chi connectivity index (χ0) is 20.6. The molecule has 0 spiro atoms. The molecule has 0 saturated carbocycles. The summed E-state index contributed by atoms with van der Waals surface area (Å²) in [7, 11) is 0. The Morgan fingerprint density at radius 1 is 0.931 bits per heavy atom. The maximum atomic E-state index is 12.2. The van der Waals surface area contributed by atoms with E-state index in [1.807, 2.05) is 24.3 Å². The largest absolute Gasteiger partial charge is 0.489 e. The van der Waals surface area contributed by atoms with Gasteiger partial charge in [0.15, 0.2) is 0 Å². The van der Waals surface area contributed by atoms with Crippen LogP contribution in [-0.4, -0.2) is 17.0 Å². The van der Waals surface area contributed by atoms with E-state index >= 15 is 0 Å². The molecule has 0 heterocycles. The number of amides is 1. The Kier molecular flexibility index (Phi) is 7.02. The first kappa shape index (κ1) is 20.6. The number of carboxylic acids is 1. The topological polar surface area (TPSA) is 75.6 Å². The van der Waals surface area contributed by atoms with Crippen molar-refractivity contribution in [3.8, 4) is 5.75 Å². The minimum absolute atomic E-state index is 0.202. The Labute approximate surface area is 182 Å². The molecule has 0 aliphatic rings. The Morgan fingerprint density at radius 2 is 1.59 bits per heavy atom. The van der Waals surface area contributed by atoms with Gasteiger partial charge in [-0.05, 0) is 76.2 Å². The van der Waals surface area contributed by atoms with Crippen molar-refractivity contribution in [3.05, 3.63) is 105 Å². The van der Waals surface area contributed by atoms with E-state index in [9.17, 15) is 14.7 Å². The van der Waals surface area contributed by atoms with Gasteiger partial charge in [0.1, 0.15) is 18.1 Å². The summed E-state index contributed by atoms with van der Waals surface area (Å²) in [5.41, 5.74) is 1.88. The van der Waals surface area contributed by atoms with Crippen LogP contribution in [0, 0.1) is 3.57 Å². The third kappa shape index (κ3) is 6.18. The fourth-order valence-corrected chi connectivity index (χ4v) is 2.87. The summed E-state index contributed by atoms with van der Waals surface area (Å²) in [5.74, 6) is -1.02. The first-order chi connectivity index (χ1) is 14.0. The predicted molar refractivity (Wildman–Crippen MR) is 119 cm³/mol. The molecule has 3 rings (SSSR count). The zero-order valence-electron chi connectivity index (χ0n) is 15.3. The summed E-state index contributed by atoms with van der Waals surface area (Å²) < 4.78 is 6.92. The summed E-state index contributed by atoms with van der Waals surface area (Å²) in [6.45, 7) is 0.444. The number of hydrogen-bond donors (Lipinski definition) is 2. The van der Waals surface area contributed by atoms with Crippen molar-refractivity contribution in [3.63, 3.8) is 0 Å². The van der Waals surface area contributed by atoms with Crippen molar-refractivity contribution < 1.29 is 19.4 Å². The van der Waals surface area contributed by atoms with E-state index in [2.05, 4.69) is 27.9 Å². The molecule has 0 aliphatic heterocycles. The van der Waals surface area contributed by atoms with Crippen LogP contribution in [0.4, 0.5) is 0 Å². The lowest BCUT2D eigenvalue weighted by molar-refractivity contribution is -0.132. The molecule has 0 atom stereocenters. The molecule has 0 fully saturated rings. The smallest absolute Gasteiger partial charge is 0.352 e. The second kappa shape index (κ2) is 9.88. The molecular weight excluding hydrogens is 481 g/mol. The molecular formula is C23H18INO4. The molecule has 29 heavy (non-hydrogen) atoms. The number of ether oxygens (including phenoxy) is 1. The fraction of sp³-hybridized carbons (Fsp3) is 0.0435. The number of hydrogen-bond acceptors (Lipinski definition) is 3. The van der Waals surface area contributed by atoms with Crippen LogP contribution in [0.5, 0.6) is 5.75 Å². The van der Waals surface area contributed by atoms with Crippen LogP contribution in [0.15, 0.2) is 84.6 Å². The van der Waals surface area contributed by atoms with Gasteiger partial charge in [0.05, 0.1) is 0 Å². The SMILES string of the molecule is O=C(O)/C(=C\c1ccc(OCc2ccc(I)cc2)cc1)NC(=O)c1ccccc1. The Bertz CT molecular complexity index is 1010. The molecule has 0 aliphatic carbocycles. The quantitative estimate of drug-likeness (QED) is 0.364. The molecule has 3 aromatic rings. The van der Waals surface area contributed by atoms with Gasteiger partial charge >= 0.3 is 5.97 Å². The van der Waals surface area contributed by atoms with Crippen LogP contribution >= 0.6 is 22.6 Å². The van der Waals surface area contributed by atoms with Crippen LogP contribution < -0.4 is 10.1 Å². The molecule has 0 radical (unpaired) electrons. The highest BCUT2D eigenvalue weighted by Gasteiger charge is 2.13. The minimum atomic E-state index is -1.21. The van der Waals surface area contributed by atoms with E-state index in [4.69, 9.17) is 4.74 Å². The second-order valence-corrected chi connectivity index (χ2v) is 7.41. The molecule has 0 bridgehead atoms. The average Bonchev–Trinajstić information content (AvgIpc) is 2.74. The van der Waals surface area contributed by atoms with Gasteiger partial charge in [-0.1, -0.05) is 42.5 Å². The number of halogens is 1. The van der Waals surface area contributed by atoms with Crippen molar-refractivity contribution in [2.24, 2.45) is 0 Å². The average molecular weight is 499 g/mol. The van der Waals surface area contributed by atoms with Gasteiger partial charge in [-0.2, -0.15) is 0 Å². The summed E-state index contributed by atoms with van der Waals surface area (Å²) in [4.78, 5) is 23.7. The molecule has 5 nitrogen and oxygen atoms in total. The lowest BCUT2D eigenvalue weighted by Crippen LogP contribution is -2.27. The third-order valence-corrected chi connectivity index (χ3v) is 4.74. The summed E-state index contributed by atoms with van der Waals surface area (Å²) in [5, 5.41) is 11.8.